The van der Waals surface area contributed by atoms with Gasteiger partial charge in [-0.3, -0.25) is 0 Å². The zero-order chi connectivity index (χ0) is 20.3. The van der Waals surface area contributed by atoms with Gasteiger partial charge in [0, 0.05) is 22.1 Å². The van der Waals surface area contributed by atoms with Crippen LogP contribution in [0.15, 0.2) is 60.7 Å². The average Bonchev–Trinajstić information content (AvgIpc) is 2.93. The molecule has 1 heterocycles. The summed E-state index contributed by atoms with van der Waals surface area (Å²) in [5, 5.41) is 2.59. The number of nitrogen functional groups attached to an aromatic ring is 1. The van der Waals surface area contributed by atoms with Gasteiger partial charge in [0.2, 0.25) is 0 Å². The molecule has 0 spiro atoms. The molecule has 4 aromatic rings. The van der Waals surface area contributed by atoms with Crippen molar-refractivity contribution < 1.29 is 0 Å². The molecule has 2 heteroatoms. The largest absolute Gasteiger partial charge is 0.399 e. The van der Waals surface area contributed by atoms with Crippen LogP contribution in [0.4, 0.5) is 5.69 Å². The van der Waals surface area contributed by atoms with Gasteiger partial charge in [-0.25, -0.2) is 0 Å². The minimum Gasteiger partial charge on any atom is -0.399 e. The lowest BCUT2D eigenvalue weighted by molar-refractivity contribution is 0.591. The molecule has 0 aliphatic rings. The van der Waals surface area contributed by atoms with Gasteiger partial charge in [-0.1, -0.05) is 65.8 Å². The van der Waals surface area contributed by atoms with Crippen molar-refractivity contribution in [3.05, 3.63) is 71.8 Å². The van der Waals surface area contributed by atoms with Crippen molar-refractivity contribution in [2.24, 2.45) is 0 Å². The number of hydrogen-bond donors (Lipinski definition) is 1. The first kappa shape index (κ1) is 18.6. The third-order valence-electron chi connectivity index (χ3n) is 5.63. The van der Waals surface area contributed by atoms with Crippen LogP contribution >= 0.6 is 0 Å². The maximum absolute atomic E-state index is 6.12. The molecular weight excluding hydrogens is 340 g/mol. The van der Waals surface area contributed by atoms with Crippen molar-refractivity contribution in [3.8, 4) is 5.69 Å². The Bertz CT molecular complexity index is 1180. The van der Waals surface area contributed by atoms with E-state index in [2.05, 4.69) is 94.6 Å². The van der Waals surface area contributed by atoms with Gasteiger partial charge < -0.3 is 10.3 Å². The third kappa shape index (κ3) is 3.07. The highest BCUT2D eigenvalue weighted by molar-refractivity contribution is 6.09. The van der Waals surface area contributed by atoms with Crippen LogP contribution in [-0.2, 0) is 10.8 Å². The van der Waals surface area contributed by atoms with E-state index in [1.54, 1.807) is 0 Å². The Hall–Kier alpha value is -2.74. The van der Waals surface area contributed by atoms with Crippen LogP contribution in [0.2, 0.25) is 0 Å². The summed E-state index contributed by atoms with van der Waals surface area (Å²) in [6.45, 7) is 13.6. The summed E-state index contributed by atoms with van der Waals surface area (Å²) >= 11 is 0. The highest BCUT2D eigenvalue weighted by Crippen LogP contribution is 2.37. The molecule has 2 N–H and O–H groups in total. The maximum atomic E-state index is 6.12. The van der Waals surface area contributed by atoms with Crippen LogP contribution in [0.25, 0.3) is 27.5 Å². The van der Waals surface area contributed by atoms with Gasteiger partial charge in [-0.05, 0) is 58.4 Å². The predicted octanol–water partition coefficient (Wildman–Crippen LogP) is 6.96. The highest BCUT2D eigenvalue weighted by Gasteiger charge is 2.20. The van der Waals surface area contributed by atoms with Gasteiger partial charge in [-0.15, -0.1) is 0 Å². The quantitative estimate of drug-likeness (QED) is 0.361. The monoisotopic (exact) mass is 370 g/mol. The Morgan fingerprint density at radius 1 is 0.643 bits per heavy atom. The predicted molar refractivity (Wildman–Crippen MR) is 123 cm³/mol. The first-order valence-corrected chi connectivity index (χ1v) is 10.0. The zero-order valence-electron chi connectivity index (χ0n) is 17.8. The molecule has 0 aliphatic heterocycles. The normalized spacial score (nSPS) is 12.8. The Kier molecular flexibility index (Phi) is 4.08. The summed E-state index contributed by atoms with van der Waals surface area (Å²) in [5.74, 6) is 0. The first-order chi connectivity index (χ1) is 13.1. The van der Waals surface area contributed by atoms with Crippen LogP contribution in [0, 0.1) is 0 Å². The molecule has 0 unspecified atom stereocenters. The Morgan fingerprint density at radius 2 is 1.29 bits per heavy atom. The van der Waals surface area contributed by atoms with Gasteiger partial charge in [-0.2, -0.15) is 0 Å². The van der Waals surface area contributed by atoms with Crippen LogP contribution < -0.4 is 5.73 Å². The molecule has 0 amide bonds. The van der Waals surface area contributed by atoms with Crippen molar-refractivity contribution in [1.29, 1.82) is 0 Å². The summed E-state index contributed by atoms with van der Waals surface area (Å²) in [5.41, 5.74) is 13.4. The second kappa shape index (κ2) is 6.13. The lowest BCUT2D eigenvalue weighted by atomic mass is 9.85. The second-order valence-electron chi connectivity index (χ2n) is 9.89. The Balaban J connectivity index is 2.13. The van der Waals surface area contributed by atoms with E-state index in [9.17, 15) is 0 Å². The van der Waals surface area contributed by atoms with Gasteiger partial charge in [0.1, 0.15) is 0 Å². The molecule has 0 bridgehead atoms. The van der Waals surface area contributed by atoms with Gasteiger partial charge in [0.15, 0.2) is 0 Å². The average molecular weight is 371 g/mol. The van der Waals surface area contributed by atoms with Crippen molar-refractivity contribution in [1.82, 2.24) is 4.57 Å². The van der Waals surface area contributed by atoms with Gasteiger partial charge in [0.05, 0.1) is 11.0 Å². The Labute approximate surface area is 168 Å². The fourth-order valence-electron chi connectivity index (χ4n) is 3.90. The minimum absolute atomic E-state index is 0.0990. The van der Waals surface area contributed by atoms with Crippen molar-refractivity contribution in [2.45, 2.75) is 52.4 Å². The molecule has 0 atom stereocenters. The molecule has 28 heavy (non-hydrogen) atoms. The molecule has 0 aliphatic carbocycles. The van der Waals surface area contributed by atoms with E-state index in [4.69, 9.17) is 5.73 Å². The van der Waals surface area contributed by atoms with Crippen LogP contribution in [0.5, 0.6) is 0 Å². The fraction of sp³-hybridized carbons (Fsp3) is 0.308. The van der Waals surface area contributed by atoms with Crippen LogP contribution in [-0.4, -0.2) is 4.57 Å². The van der Waals surface area contributed by atoms with E-state index >= 15 is 0 Å². The van der Waals surface area contributed by atoms with Crippen LogP contribution in [0.1, 0.15) is 52.7 Å². The molecule has 3 aromatic carbocycles. The molecular formula is C26H30N2. The molecule has 1 aromatic heterocycles. The smallest absolute Gasteiger partial charge is 0.0544 e. The summed E-state index contributed by atoms with van der Waals surface area (Å²) in [4.78, 5) is 0. The summed E-state index contributed by atoms with van der Waals surface area (Å²) in [6.07, 6.45) is 0. The SMILES string of the molecule is CC(C)(C)c1ccc2c(c1)c1ccc(C(C)(C)C)cc1n2-c1cccc(N)c1. The molecule has 0 saturated heterocycles. The number of nitrogens with two attached hydrogens (primary N) is 1. The zero-order valence-corrected chi connectivity index (χ0v) is 17.8. The molecule has 4 rings (SSSR count). The van der Waals surface area contributed by atoms with E-state index in [1.165, 1.54) is 32.9 Å². The van der Waals surface area contributed by atoms with E-state index < -0.39 is 0 Å². The highest BCUT2D eigenvalue weighted by atomic mass is 15.0. The fourth-order valence-corrected chi connectivity index (χ4v) is 3.90. The number of nitrogens with zero attached hydrogens (tertiary/aromatic N) is 1. The lowest BCUT2D eigenvalue weighted by Gasteiger charge is -2.19. The Morgan fingerprint density at radius 3 is 1.93 bits per heavy atom. The number of aromatic nitrogens is 1. The number of fused-ring (bicyclic) bond motifs is 3. The van der Waals surface area contributed by atoms with E-state index in [0.29, 0.717) is 0 Å². The first-order valence-electron chi connectivity index (χ1n) is 10.0. The minimum atomic E-state index is 0.0990. The summed E-state index contributed by atoms with van der Waals surface area (Å²) < 4.78 is 2.35. The standard InChI is InChI=1S/C26H30N2/c1-25(2,3)17-11-13-23-22(14-17)21-12-10-18(26(4,5)6)15-24(21)28(23)20-9-7-8-19(27)16-20/h7-16H,27H2,1-6H3. The lowest BCUT2D eigenvalue weighted by Crippen LogP contribution is -2.10. The molecule has 144 valence electrons. The van der Waals surface area contributed by atoms with E-state index in [-0.39, 0.29) is 10.8 Å². The number of anilines is 1. The van der Waals surface area contributed by atoms with Crippen molar-refractivity contribution in [2.75, 3.05) is 5.73 Å². The number of rotatable bonds is 1. The van der Waals surface area contributed by atoms with E-state index in [0.717, 1.165) is 11.4 Å². The third-order valence-corrected chi connectivity index (χ3v) is 5.63. The van der Waals surface area contributed by atoms with Gasteiger partial charge in [0.25, 0.3) is 0 Å². The molecule has 0 saturated carbocycles. The van der Waals surface area contributed by atoms with Gasteiger partial charge >= 0.3 is 0 Å². The van der Waals surface area contributed by atoms with Crippen molar-refractivity contribution >= 4 is 27.5 Å². The van der Waals surface area contributed by atoms with E-state index in [1.807, 2.05) is 12.1 Å². The van der Waals surface area contributed by atoms with Crippen LogP contribution in [0.3, 0.4) is 0 Å². The molecule has 0 fully saturated rings. The summed E-state index contributed by atoms with van der Waals surface area (Å²) in [7, 11) is 0. The summed E-state index contributed by atoms with van der Waals surface area (Å²) in [6, 6.07) is 21.9. The molecule has 2 nitrogen and oxygen atoms in total. The number of hydrogen-bond acceptors (Lipinski definition) is 1. The topological polar surface area (TPSA) is 30.9 Å². The number of benzene rings is 3. The van der Waals surface area contributed by atoms with Crippen molar-refractivity contribution in [3.63, 3.8) is 0 Å². The maximum Gasteiger partial charge on any atom is 0.0544 e. The second-order valence-corrected chi connectivity index (χ2v) is 9.89. The molecule has 0 radical (unpaired) electrons.